The van der Waals surface area contributed by atoms with Gasteiger partial charge in [0.15, 0.2) is 28.4 Å². The van der Waals surface area contributed by atoms with E-state index in [1.54, 1.807) is 30.3 Å². The topological polar surface area (TPSA) is 98.4 Å². The molecule has 182 valence electrons. The van der Waals surface area contributed by atoms with E-state index in [2.05, 4.69) is 15.9 Å². The highest BCUT2D eigenvalue weighted by molar-refractivity contribution is 9.10. The molecule has 1 N–H and O–H groups in total. The fourth-order valence-corrected chi connectivity index (χ4v) is 5.11. The molecule has 0 aliphatic carbocycles. The highest BCUT2D eigenvalue weighted by atomic mass is 79.9. The van der Waals surface area contributed by atoms with E-state index in [1.165, 1.54) is 24.1 Å². The highest BCUT2D eigenvalue weighted by Crippen LogP contribution is 2.44. The lowest BCUT2D eigenvalue weighted by atomic mass is 9.97. The Morgan fingerprint density at radius 2 is 1.92 bits per heavy atom. The van der Waals surface area contributed by atoms with Crippen LogP contribution in [-0.2, 0) is 6.54 Å². The molecule has 2 aliphatic heterocycles. The van der Waals surface area contributed by atoms with Gasteiger partial charge in [-0.15, -0.1) is 0 Å². The molecule has 4 aromatic rings. The van der Waals surface area contributed by atoms with Crippen molar-refractivity contribution >= 4 is 32.8 Å². The molecule has 1 atom stereocenters. The van der Waals surface area contributed by atoms with Crippen molar-refractivity contribution < 1.29 is 32.9 Å². The van der Waals surface area contributed by atoms with E-state index in [-0.39, 0.29) is 47.1 Å². The van der Waals surface area contributed by atoms with Crippen LogP contribution in [0, 0.1) is 5.82 Å². The number of halogens is 2. The molecular weight excluding hydrogens is 537 g/mol. The third kappa shape index (κ3) is 3.40. The normalized spacial score (nSPS) is 16.0. The first-order valence-electron chi connectivity index (χ1n) is 10.9. The van der Waals surface area contributed by atoms with Crippen molar-refractivity contribution in [2.75, 3.05) is 13.9 Å². The van der Waals surface area contributed by atoms with Crippen LogP contribution in [0.2, 0.25) is 0 Å². The first kappa shape index (κ1) is 22.4. The van der Waals surface area contributed by atoms with Crippen molar-refractivity contribution in [2.45, 2.75) is 12.6 Å². The molecule has 1 aromatic heterocycles. The number of methoxy groups -OCH3 is 1. The van der Waals surface area contributed by atoms with Crippen molar-refractivity contribution in [3.8, 4) is 23.0 Å². The van der Waals surface area contributed by atoms with Gasteiger partial charge in [-0.25, -0.2) is 4.39 Å². The van der Waals surface area contributed by atoms with Crippen LogP contribution in [-0.4, -0.2) is 29.8 Å². The molecule has 6 rings (SSSR count). The van der Waals surface area contributed by atoms with E-state index in [4.69, 9.17) is 18.6 Å². The van der Waals surface area contributed by atoms with Gasteiger partial charge in [0, 0.05) is 6.54 Å². The average molecular weight is 554 g/mol. The van der Waals surface area contributed by atoms with Gasteiger partial charge in [0.2, 0.25) is 12.6 Å². The van der Waals surface area contributed by atoms with E-state index < -0.39 is 23.2 Å². The monoisotopic (exact) mass is 553 g/mol. The fraction of sp³-hybridized carbons (Fsp3) is 0.154. The van der Waals surface area contributed by atoms with Gasteiger partial charge in [-0.2, -0.15) is 0 Å². The van der Waals surface area contributed by atoms with E-state index in [0.29, 0.717) is 21.5 Å². The molecule has 1 amide bonds. The molecule has 0 fully saturated rings. The second-order valence-corrected chi connectivity index (χ2v) is 9.25. The van der Waals surface area contributed by atoms with Crippen molar-refractivity contribution in [1.82, 2.24) is 4.90 Å². The van der Waals surface area contributed by atoms with Crippen LogP contribution in [0.15, 0.2) is 62.2 Å². The summed E-state index contributed by atoms with van der Waals surface area (Å²) in [6, 6.07) is 11.2. The zero-order valence-corrected chi connectivity index (χ0v) is 20.3. The summed E-state index contributed by atoms with van der Waals surface area (Å²) in [6.45, 7) is 0.216. The molecule has 3 aromatic carbocycles. The minimum atomic E-state index is -0.896. The van der Waals surface area contributed by atoms with E-state index in [0.717, 1.165) is 11.6 Å². The van der Waals surface area contributed by atoms with Crippen LogP contribution in [0.4, 0.5) is 4.39 Å². The number of nitrogens with zero attached hydrogens (tertiary/aromatic N) is 1. The summed E-state index contributed by atoms with van der Waals surface area (Å²) >= 11 is 3.31. The predicted molar refractivity (Wildman–Crippen MR) is 129 cm³/mol. The number of ether oxygens (including phenoxy) is 3. The maximum absolute atomic E-state index is 14.0. The van der Waals surface area contributed by atoms with Gasteiger partial charge < -0.3 is 28.6 Å². The number of rotatable bonds is 4. The summed E-state index contributed by atoms with van der Waals surface area (Å²) in [6.07, 6.45) is 0. The first-order chi connectivity index (χ1) is 17.4. The Morgan fingerprint density at radius 1 is 1.11 bits per heavy atom. The SMILES string of the molecule is COc1cc([C@@H]2c3c(oc4ccc(F)cc4c3=O)C(=O)N2Cc2ccc3c(c2)OCO3)cc(Br)c1O. The summed E-state index contributed by atoms with van der Waals surface area (Å²) in [7, 11) is 1.40. The smallest absolute Gasteiger partial charge is 0.291 e. The molecule has 0 unspecified atom stereocenters. The molecule has 3 heterocycles. The summed E-state index contributed by atoms with van der Waals surface area (Å²) in [4.78, 5) is 28.8. The lowest BCUT2D eigenvalue weighted by molar-refractivity contribution is 0.0714. The molecule has 2 aliphatic rings. The zero-order valence-electron chi connectivity index (χ0n) is 18.7. The number of carbonyl (C=O) groups is 1. The van der Waals surface area contributed by atoms with Crippen molar-refractivity contribution in [3.63, 3.8) is 0 Å². The average Bonchev–Trinajstić information content (AvgIpc) is 3.44. The molecule has 0 saturated heterocycles. The fourth-order valence-electron chi connectivity index (χ4n) is 4.65. The molecule has 0 bridgehead atoms. The molecule has 0 saturated carbocycles. The lowest BCUT2D eigenvalue weighted by Gasteiger charge is -2.26. The summed E-state index contributed by atoms with van der Waals surface area (Å²) in [5.41, 5.74) is 0.909. The van der Waals surface area contributed by atoms with Crippen molar-refractivity contribution in [3.05, 3.63) is 91.5 Å². The van der Waals surface area contributed by atoms with E-state index >= 15 is 0 Å². The Morgan fingerprint density at radius 3 is 2.72 bits per heavy atom. The van der Waals surface area contributed by atoms with Gasteiger partial charge in [0.05, 0.1) is 28.6 Å². The van der Waals surface area contributed by atoms with E-state index in [9.17, 15) is 19.1 Å². The summed E-state index contributed by atoms with van der Waals surface area (Å²) in [5, 5.41) is 10.4. The molecule has 0 spiro atoms. The molecule has 36 heavy (non-hydrogen) atoms. The third-order valence-corrected chi connectivity index (χ3v) is 6.91. The lowest BCUT2D eigenvalue weighted by Crippen LogP contribution is -2.29. The second-order valence-electron chi connectivity index (χ2n) is 8.39. The Kier molecular flexibility index (Phi) is 5.15. The van der Waals surface area contributed by atoms with Gasteiger partial charge in [0.25, 0.3) is 5.91 Å². The number of hydrogen-bond donors (Lipinski definition) is 1. The first-order valence-corrected chi connectivity index (χ1v) is 11.7. The van der Waals surface area contributed by atoms with Gasteiger partial charge in [-0.3, -0.25) is 9.59 Å². The van der Waals surface area contributed by atoms with Crippen LogP contribution in [0.25, 0.3) is 11.0 Å². The maximum Gasteiger partial charge on any atom is 0.291 e. The number of hydrogen-bond acceptors (Lipinski definition) is 7. The van der Waals surface area contributed by atoms with Crippen LogP contribution < -0.4 is 19.6 Å². The minimum absolute atomic E-state index is 0.0290. The predicted octanol–water partition coefficient (Wildman–Crippen LogP) is 4.88. The summed E-state index contributed by atoms with van der Waals surface area (Å²) < 4.78 is 36.3. The minimum Gasteiger partial charge on any atom is -0.503 e. The van der Waals surface area contributed by atoms with Crippen LogP contribution >= 0.6 is 15.9 Å². The number of aromatic hydroxyl groups is 1. The van der Waals surface area contributed by atoms with E-state index in [1.807, 2.05) is 0 Å². The third-order valence-electron chi connectivity index (χ3n) is 6.30. The summed E-state index contributed by atoms with van der Waals surface area (Å²) in [5.74, 6) is -0.0318. The van der Waals surface area contributed by atoms with Gasteiger partial charge >= 0.3 is 0 Å². The number of fused-ring (bicyclic) bond motifs is 3. The largest absolute Gasteiger partial charge is 0.503 e. The highest BCUT2D eigenvalue weighted by Gasteiger charge is 2.43. The van der Waals surface area contributed by atoms with Gasteiger partial charge in [0.1, 0.15) is 11.4 Å². The number of benzene rings is 3. The zero-order chi connectivity index (χ0) is 25.1. The Balaban J connectivity index is 1.56. The molecular formula is C26H17BrFNO7. The Hall–Kier alpha value is -4.05. The standard InChI is InChI=1S/C26H17BrFNO7/c1-33-20-8-13(7-16(27)24(20)31)22-21-23(30)15-9-14(28)3-5-17(15)36-25(21)26(32)29(22)10-12-2-4-18-19(6-12)35-11-34-18/h2-9,22,31H,10-11H2,1H3/t22-/m1/s1. The molecule has 10 heteroatoms. The number of amides is 1. The van der Waals surface area contributed by atoms with Crippen molar-refractivity contribution in [2.24, 2.45) is 0 Å². The number of phenolic OH excluding ortho intramolecular Hbond substituents is 1. The quantitative estimate of drug-likeness (QED) is 0.384. The maximum atomic E-state index is 14.0. The molecule has 0 radical (unpaired) electrons. The Labute approximate surface area is 211 Å². The molecule has 8 nitrogen and oxygen atoms in total. The van der Waals surface area contributed by atoms with Gasteiger partial charge in [-0.05, 0) is 69.5 Å². The van der Waals surface area contributed by atoms with Crippen LogP contribution in [0.3, 0.4) is 0 Å². The van der Waals surface area contributed by atoms with Crippen LogP contribution in [0.5, 0.6) is 23.0 Å². The number of carbonyl (C=O) groups excluding carboxylic acids is 1. The van der Waals surface area contributed by atoms with Crippen molar-refractivity contribution in [1.29, 1.82) is 0 Å². The van der Waals surface area contributed by atoms with Crippen LogP contribution in [0.1, 0.15) is 33.3 Å². The van der Waals surface area contributed by atoms with Gasteiger partial charge in [-0.1, -0.05) is 6.07 Å². The second kappa shape index (κ2) is 8.27. The Bertz CT molecular complexity index is 1630. The number of phenols is 1.